The molecule has 9 aromatic rings. The number of aryl methyl sites for hydroxylation is 1. The van der Waals surface area contributed by atoms with E-state index in [4.69, 9.17) is 0 Å². The van der Waals surface area contributed by atoms with E-state index < -0.39 is 5.41 Å². The minimum Gasteiger partial charge on any atom is -0.135 e. The molecule has 0 saturated carbocycles. The molecule has 228 valence electrons. The molecule has 0 aliphatic heterocycles. The van der Waals surface area contributed by atoms with E-state index in [1.165, 1.54) is 103 Å². The van der Waals surface area contributed by atoms with Crippen molar-refractivity contribution in [2.45, 2.75) is 12.3 Å². The molecule has 1 spiro atoms. The standard InChI is InChI=1S/C48H30S/c1-29-26-27-37-42(28-29)49-47-36-21-10-12-24-40(36)48(46(37)47)39-23-11-9-20-35(39)45-38(22-13-25-41(45)48)44-33-18-7-5-16-31(33)43(30-14-3-2-4-15-30)32-17-6-8-19-34(32)44/h2-28H,1H3. The first-order chi connectivity index (χ1) is 24.2. The Balaban J connectivity index is 1.31. The molecule has 2 aliphatic carbocycles. The highest BCUT2D eigenvalue weighted by Gasteiger charge is 2.53. The highest BCUT2D eigenvalue weighted by Crippen LogP contribution is 2.67. The summed E-state index contributed by atoms with van der Waals surface area (Å²) in [5, 5.41) is 6.52. The summed E-state index contributed by atoms with van der Waals surface area (Å²) in [6, 6.07) is 61.5. The molecule has 0 saturated heterocycles. The van der Waals surface area contributed by atoms with Gasteiger partial charge < -0.3 is 0 Å². The van der Waals surface area contributed by atoms with Gasteiger partial charge in [-0.25, -0.2) is 0 Å². The molecule has 0 fully saturated rings. The summed E-state index contributed by atoms with van der Waals surface area (Å²) >= 11 is 1.96. The topological polar surface area (TPSA) is 0 Å². The van der Waals surface area contributed by atoms with Crippen LogP contribution in [0.5, 0.6) is 0 Å². The van der Waals surface area contributed by atoms with Crippen LogP contribution < -0.4 is 0 Å². The zero-order chi connectivity index (χ0) is 32.3. The molecular formula is C48H30S. The SMILES string of the molecule is Cc1ccc2c3c(sc2c1)-c1ccccc1C31c2ccccc2-c2c(-c3c4ccccc4c(-c4ccccc4)c4ccccc34)cccc21. The average molecular weight is 639 g/mol. The Labute approximate surface area is 289 Å². The number of hydrogen-bond donors (Lipinski definition) is 0. The fraction of sp³-hybridized carbons (Fsp3) is 0.0417. The Kier molecular flexibility index (Phi) is 5.49. The minimum atomic E-state index is -0.392. The Morgan fingerprint density at radius 1 is 0.408 bits per heavy atom. The van der Waals surface area contributed by atoms with Gasteiger partial charge in [0.15, 0.2) is 0 Å². The number of rotatable bonds is 2. The number of thiophene rings is 1. The van der Waals surface area contributed by atoms with Crippen LogP contribution in [0, 0.1) is 6.92 Å². The van der Waals surface area contributed by atoms with Gasteiger partial charge in [-0.2, -0.15) is 0 Å². The molecule has 1 heteroatoms. The van der Waals surface area contributed by atoms with Crippen LogP contribution in [0.1, 0.15) is 27.8 Å². The maximum atomic E-state index is 2.42. The van der Waals surface area contributed by atoms with Crippen molar-refractivity contribution in [2.24, 2.45) is 0 Å². The summed E-state index contributed by atoms with van der Waals surface area (Å²) < 4.78 is 1.37. The summed E-state index contributed by atoms with van der Waals surface area (Å²) in [7, 11) is 0. The summed E-state index contributed by atoms with van der Waals surface area (Å²) in [5.41, 5.74) is 15.8. The molecule has 1 aromatic heterocycles. The molecule has 11 rings (SSSR count). The molecule has 1 atom stereocenters. The molecule has 0 N–H and O–H groups in total. The predicted octanol–water partition coefficient (Wildman–Crippen LogP) is 13.2. The maximum absolute atomic E-state index is 2.42. The van der Waals surface area contributed by atoms with E-state index in [1.807, 2.05) is 11.3 Å². The van der Waals surface area contributed by atoms with Crippen molar-refractivity contribution >= 4 is 43.0 Å². The minimum absolute atomic E-state index is 0.392. The lowest BCUT2D eigenvalue weighted by Gasteiger charge is -2.30. The third kappa shape index (κ3) is 3.43. The van der Waals surface area contributed by atoms with Gasteiger partial charge in [0.1, 0.15) is 0 Å². The second-order valence-corrected chi connectivity index (χ2v) is 14.6. The van der Waals surface area contributed by atoms with E-state index in [0.717, 1.165) is 0 Å². The second-order valence-electron chi connectivity index (χ2n) is 13.6. The van der Waals surface area contributed by atoms with E-state index in [1.54, 1.807) is 0 Å². The summed E-state index contributed by atoms with van der Waals surface area (Å²) in [6.07, 6.45) is 0. The van der Waals surface area contributed by atoms with Crippen molar-refractivity contribution in [1.29, 1.82) is 0 Å². The monoisotopic (exact) mass is 638 g/mol. The van der Waals surface area contributed by atoms with E-state index in [0.29, 0.717) is 0 Å². The zero-order valence-corrected chi connectivity index (χ0v) is 27.8. The molecular weight excluding hydrogens is 609 g/mol. The zero-order valence-electron chi connectivity index (χ0n) is 27.0. The van der Waals surface area contributed by atoms with Crippen LogP contribution >= 0.6 is 11.3 Å². The van der Waals surface area contributed by atoms with Crippen LogP contribution in [0.2, 0.25) is 0 Å². The number of fused-ring (bicyclic) bond motifs is 14. The first-order valence-corrected chi connectivity index (χ1v) is 17.9. The third-order valence-corrected chi connectivity index (χ3v) is 12.3. The van der Waals surface area contributed by atoms with Gasteiger partial charge in [-0.15, -0.1) is 11.3 Å². The molecule has 0 amide bonds. The normalized spacial score (nSPS) is 15.5. The van der Waals surface area contributed by atoms with Gasteiger partial charge in [0.25, 0.3) is 0 Å². The lowest BCUT2D eigenvalue weighted by Crippen LogP contribution is -2.25. The van der Waals surface area contributed by atoms with Crippen molar-refractivity contribution in [3.05, 3.63) is 192 Å². The van der Waals surface area contributed by atoms with Gasteiger partial charge in [-0.05, 0) is 107 Å². The quantitative estimate of drug-likeness (QED) is 0.165. The molecule has 0 nitrogen and oxygen atoms in total. The Hall–Kier alpha value is -5.76. The number of hydrogen-bond acceptors (Lipinski definition) is 1. The van der Waals surface area contributed by atoms with Crippen LogP contribution in [0.4, 0.5) is 0 Å². The molecule has 1 unspecified atom stereocenters. The van der Waals surface area contributed by atoms with E-state index in [2.05, 4.69) is 171 Å². The second kappa shape index (κ2) is 9.89. The number of benzene rings is 8. The lowest BCUT2D eigenvalue weighted by molar-refractivity contribution is 0.803. The smallest absolute Gasteiger partial charge is 0.0740 e. The van der Waals surface area contributed by atoms with Crippen LogP contribution in [0.25, 0.3) is 75.5 Å². The van der Waals surface area contributed by atoms with Gasteiger partial charge >= 0.3 is 0 Å². The van der Waals surface area contributed by atoms with Gasteiger partial charge in [0, 0.05) is 9.58 Å². The predicted molar refractivity (Wildman–Crippen MR) is 209 cm³/mol. The maximum Gasteiger partial charge on any atom is 0.0740 e. The molecule has 0 bridgehead atoms. The van der Waals surface area contributed by atoms with Gasteiger partial charge in [0.2, 0.25) is 0 Å². The summed E-state index contributed by atoms with van der Waals surface area (Å²) in [5.74, 6) is 0. The van der Waals surface area contributed by atoms with E-state index in [-0.39, 0.29) is 0 Å². The van der Waals surface area contributed by atoms with Crippen LogP contribution in [0.3, 0.4) is 0 Å². The average Bonchev–Trinajstić information content (AvgIpc) is 3.77. The van der Waals surface area contributed by atoms with Crippen molar-refractivity contribution in [3.63, 3.8) is 0 Å². The van der Waals surface area contributed by atoms with Crippen molar-refractivity contribution in [1.82, 2.24) is 0 Å². The highest BCUT2D eigenvalue weighted by molar-refractivity contribution is 7.22. The van der Waals surface area contributed by atoms with Gasteiger partial charge in [-0.1, -0.05) is 158 Å². The van der Waals surface area contributed by atoms with Gasteiger partial charge in [-0.3, -0.25) is 0 Å². The first-order valence-electron chi connectivity index (χ1n) is 17.1. The Morgan fingerprint density at radius 2 is 0.959 bits per heavy atom. The molecule has 0 radical (unpaired) electrons. The Bertz CT molecular complexity index is 2780. The third-order valence-electron chi connectivity index (χ3n) is 11.1. The van der Waals surface area contributed by atoms with Crippen LogP contribution in [0.15, 0.2) is 164 Å². The Morgan fingerprint density at radius 3 is 1.67 bits per heavy atom. The molecule has 8 aromatic carbocycles. The molecule has 2 aliphatic rings. The fourth-order valence-corrected chi connectivity index (χ4v) is 10.7. The van der Waals surface area contributed by atoms with Crippen LogP contribution in [-0.2, 0) is 5.41 Å². The molecule has 1 heterocycles. The van der Waals surface area contributed by atoms with E-state index in [9.17, 15) is 0 Å². The molecule has 49 heavy (non-hydrogen) atoms. The summed E-state index contributed by atoms with van der Waals surface area (Å²) in [4.78, 5) is 1.41. The first kappa shape index (κ1) is 27.2. The largest absolute Gasteiger partial charge is 0.135 e. The lowest BCUT2D eigenvalue weighted by atomic mass is 9.70. The van der Waals surface area contributed by atoms with Crippen molar-refractivity contribution < 1.29 is 0 Å². The van der Waals surface area contributed by atoms with E-state index >= 15 is 0 Å². The summed E-state index contributed by atoms with van der Waals surface area (Å²) in [6.45, 7) is 2.21. The van der Waals surface area contributed by atoms with Crippen molar-refractivity contribution in [2.75, 3.05) is 0 Å². The van der Waals surface area contributed by atoms with Gasteiger partial charge in [0.05, 0.1) is 5.41 Å². The van der Waals surface area contributed by atoms with Crippen molar-refractivity contribution in [3.8, 4) is 43.8 Å². The highest BCUT2D eigenvalue weighted by atomic mass is 32.1. The fourth-order valence-electron chi connectivity index (χ4n) is 9.34. The van der Waals surface area contributed by atoms with Crippen LogP contribution in [-0.4, -0.2) is 0 Å².